The van der Waals surface area contributed by atoms with Gasteiger partial charge in [-0.05, 0) is 81.1 Å². The number of rotatable bonds is 7. The van der Waals surface area contributed by atoms with Crippen LogP contribution in [0.5, 0.6) is 11.5 Å². The summed E-state index contributed by atoms with van der Waals surface area (Å²) in [6.45, 7) is 4.38. The molecule has 3 atom stereocenters. The van der Waals surface area contributed by atoms with E-state index in [1.807, 2.05) is 18.2 Å². The molecule has 2 amide bonds. The zero-order chi connectivity index (χ0) is 29.5. The van der Waals surface area contributed by atoms with Crippen molar-refractivity contribution in [3.05, 3.63) is 53.1 Å². The van der Waals surface area contributed by atoms with Crippen molar-refractivity contribution in [2.75, 3.05) is 32.6 Å². The molecule has 12 heteroatoms. The number of fused-ring (bicyclic) bond motifs is 1. The van der Waals surface area contributed by atoms with E-state index in [9.17, 15) is 18.0 Å². The third-order valence-electron chi connectivity index (χ3n) is 7.50. The van der Waals surface area contributed by atoms with Gasteiger partial charge in [0, 0.05) is 28.2 Å². The number of ether oxygens (including phenoxy) is 2. The molecule has 1 aliphatic carbocycles. The van der Waals surface area contributed by atoms with Gasteiger partial charge in [0.25, 0.3) is 0 Å². The first-order valence-electron chi connectivity index (χ1n) is 13.0. The van der Waals surface area contributed by atoms with E-state index in [2.05, 4.69) is 34.6 Å². The second kappa shape index (κ2) is 13.5. The van der Waals surface area contributed by atoms with Crippen LogP contribution in [0, 0.1) is 0 Å². The number of alkyl halides is 3. The highest BCUT2D eigenvalue weighted by Crippen LogP contribution is 2.50. The summed E-state index contributed by atoms with van der Waals surface area (Å²) in [7, 11) is 3.36. The van der Waals surface area contributed by atoms with E-state index in [1.165, 1.54) is 5.56 Å². The summed E-state index contributed by atoms with van der Waals surface area (Å²) in [6.07, 6.45) is 0.0427. The molecule has 0 spiro atoms. The number of anilines is 1. The number of aliphatic carboxylic acids is 1. The fourth-order valence-electron chi connectivity index (χ4n) is 5.73. The standard InChI is InChI=1S/C26H34ClN3O3.C2HF3O2/c1-4-13-30-14-12-26(18-8-9-22(32-2)23(15-18)33-3)11-10-21(17-24(26)30)29-25(31)28-20-7-5-6-19(27)16-20;3-2(4,5)1(6)7/h5-9,15-16,21,24H,4,10-14,17H2,1-3H3,(H2,28,29,31);(H,6,7). The van der Waals surface area contributed by atoms with Crippen LogP contribution in [0.1, 0.15) is 44.6 Å². The lowest BCUT2D eigenvalue weighted by molar-refractivity contribution is -0.192. The molecule has 0 aromatic heterocycles. The summed E-state index contributed by atoms with van der Waals surface area (Å²) in [5, 5.41) is 13.9. The first-order chi connectivity index (χ1) is 18.9. The van der Waals surface area contributed by atoms with E-state index < -0.39 is 12.1 Å². The predicted molar refractivity (Wildman–Crippen MR) is 146 cm³/mol. The van der Waals surface area contributed by atoms with Gasteiger partial charge < -0.3 is 25.2 Å². The van der Waals surface area contributed by atoms with Gasteiger partial charge in [0.05, 0.1) is 14.2 Å². The number of carboxylic acids is 1. The SMILES string of the molecule is CCCN1CCC2(c3ccc(OC)c(OC)c3)CCC(NC(=O)Nc3cccc(Cl)c3)CC12.O=C(O)C(F)(F)F. The molecule has 4 rings (SSSR count). The van der Waals surface area contributed by atoms with Crippen molar-refractivity contribution in [1.29, 1.82) is 0 Å². The molecule has 3 unspecified atom stereocenters. The quantitative estimate of drug-likeness (QED) is 0.364. The van der Waals surface area contributed by atoms with Gasteiger partial charge in [-0.1, -0.05) is 30.7 Å². The van der Waals surface area contributed by atoms with Gasteiger partial charge in [-0.15, -0.1) is 0 Å². The molecule has 2 aliphatic rings. The number of methoxy groups -OCH3 is 2. The fourth-order valence-corrected chi connectivity index (χ4v) is 5.92. The molecular weight excluding hydrogens is 551 g/mol. The van der Waals surface area contributed by atoms with Gasteiger partial charge in [0.2, 0.25) is 0 Å². The second-order valence-corrected chi connectivity index (χ2v) is 10.3. The highest BCUT2D eigenvalue weighted by atomic mass is 35.5. The lowest BCUT2D eigenvalue weighted by atomic mass is 9.65. The fraction of sp³-hybridized carbons (Fsp3) is 0.500. The van der Waals surface area contributed by atoms with Crippen LogP contribution in [-0.2, 0) is 10.2 Å². The molecule has 8 nitrogen and oxygen atoms in total. The lowest BCUT2D eigenvalue weighted by Crippen LogP contribution is -2.53. The summed E-state index contributed by atoms with van der Waals surface area (Å²) in [4.78, 5) is 24.2. The number of nitrogens with one attached hydrogen (secondary N) is 2. The number of urea groups is 1. The number of amides is 2. The largest absolute Gasteiger partial charge is 0.493 e. The Hall–Kier alpha value is -3.18. The number of hydrogen-bond acceptors (Lipinski definition) is 5. The predicted octanol–water partition coefficient (Wildman–Crippen LogP) is 6.09. The Morgan fingerprint density at radius 1 is 1.12 bits per heavy atom. The zero-order valence-corrected chi connectivity index (χ0v) is 23.4. The van der Waals surface area contributed by atoms with Crippen molar-refractivity contribution in [3.8, 4) is 11.5 Å². The van der Waals surface area contributed by atoms with Crippen molar-refractivity contribution < 1.29 is 37.3 Å². The Bertz CT molecular complexity index is 1180. The first kappa shape index (κ1) is 31.3. The van der Waals surface area contributed by atoms with Gasteiger partial charge in [0.15, 0.2) is 11.5 Å². The Labute approximate surface area is 236 Å². The number of hydrogen-bond donors (Lipinski definition) is 3. The first-order valence-corrected chi connectivity index (χ1v) is 13.4. The monoisotopic (exact) mass is 585 g/mol. The van der Waals surface area contributed by atoms with E-state index >= 15 is 0 Å². The zero-order valence-electron chi connectivity index (χ0n) is 22.7. The molecule has 2 aromatic carbocycles. The normalized spacial score (nSPS) is 22.4. The maximum absolute atomic E-state index is 12.7. The molecule has 220 valence electrons. The summed E-state index contributed by atoms with van der Waals surface area (Å²) in [6, 6.07) is 13.9. The van der Waals surface area contributed by atoms with Gasteiger partial charge in [-0.2, -0.15) is 13.2 Å². The summed E-state index contributed by atoms with van der Waals surface area (Å²) in [5.41, 5.74) is 2.07. The van der Waals surface area contributed by atoms with Crippen molar-refractivity contribution in [1.82, 2.24) is 10.2 Å². The van der Waals surface area contributed by atoms with Gasteiger partial charge >= 0.3 is 18.2 Å². The Morgan fingerprint density at radius 3 is 2.42 bits per heavy atom. The number of nitrogens with zero attached hydrogens (tertiary/aromatic N) is 1. The summed E-state index contributed by atoms with van der Waals surface area (Å²) in [5.74, 6) is -1.23. The van der Waals surface area contributed by atoms with Crippen LogP contribution in [0.4, 0.5) is 23.7 Å². The molecule has 2 aromatic rings. The summed E-state index contributed by atoms with van der Waals surface area (Å²) >= 11 is 6.05. The Balaban J connectivity index is 0.000000559. The molecule has 3 N–H and O–H groups in total. The van der Waals surface area contributed by atoms with Crippen molar-refractivity contribution >= 4 is 29.3 Å². The van der Waals surface area contributed by atoms with Crippen LogP contribution in [-0.4, -0.2) is 67.6 Å². The van der Waals surface area contributed by atoms with Crippen LogP contribution < -0.4 is 20.1 Å². The average molecular weight is 586 g/mol. The number of carboxylic acid groups (broad SMARTS) is 1. The number of carbonyl (C=O) groups excluding carboxylic acids is 1. The maximum Gasteiger partial charge on any atom is 0.490 e. The molecule has 1 heterocycles. The van der Waals surface area contributed by atoms with E-state index in [-0.39, 0.29) is 17.5 Å². The molecule has 0 radical (unpaired) electrons. The maximum atomic E-state index is 12.7. The smallest absolute Gasteiger partial charge is 0.490 e. The van der Waals surface area contributed by atoms with E-state index in [0.29, 0.717) is 16.8 Å². The Kier molecular flexibility index (Phi) is 10.5. The van der Waals surface area contributed by atoms with Crippen LogP contribution in [0.15, 0.2) is 42.5 Å². The van der Waals surface area contributed by atoms with Gasteiger partial charge in [-0.25, -0.2) is 9.59 Å². The minimum Gasteiger partial charge on any atom is -0.493 e. The topological polar surface area (TPSA) is 100 Å². The third-order valence-corrected chi connectivity index (χ3v) is 7.74. The van der Waals surface area contributed by atoms with E-state index in [4.69, 9.17) is 31.0 Å². The van der Waals surface area contributed by atoms with Gasteiger partial charge in [-0.3, -0.25) is 4.90 Å². The van der Waals surface area contributed by atoms with E-state index in [1.54, 1.807) is 26.4 Å². The highest BCUT2D eigenvalue weighted by molar-refractivity contribution is 6.30. The average Bonchev–Trinajstić information content (AvgIpc) is 3.27. The number of likely N-dealkylation sites (tertiary alicyclic amines) is 1. The number of halogens is 4. The molecular formula is C28H35ClF3N3O5. The van der Waals surface area contributed by atoms with Crippen LogP contribution in [0.2, 0.25) is 5.02 Å². The molecule has 1 saturated heterocycles. The second-order valence-electron chi connectivity index (χ2n) is 9.91. The van der Waals surface area contributed by atoms with Crippen molar-refractivity contribution in [2.24, 2.45) is 0 Å². The minimum atomic E-state index is -5.08. The van der Waals surface area contributed by atoms with Crippen LogP contribution in [0.25, 0.3) is 0 Å². The molecule has 0 bridgehead atoms. The highest BCUT2D eigenvalue weighted by Gasteiger charge is 2.51. The Morgan fingerprint density at radius 2 is 1.82 bits per heavy atom. The van der Waals surface area contributed by atoms with Crippen molar-refractivity contribution in [3.63, 3.8) is 0 Å². The summed E-state index contributed by atoms with van der Waals surface area (Å²) < 4.78 is 42.8. The van der Waals surface area contributed by atoms with Crippen LogP contribution in [0.3, 0.4) is 0 Å². The third kappa shape index (κ3) is 7.51. The number of carbonyl (C=O) groups is 2. The van der Waals surface area contributed by atoms with Gasteiger partial charge in [0.1, 0.15) is 0 Å². The molecule has 40 heavy (non-hydrogen) atoms. The lowest BCUT2D eigenvalue weighted by Gasteiger charge is -2.45. The molecule has 1 aliphatic heterocycles. The molecule has 1 saturated carbocycles. The van der Waals surface area contributed by atoms with Crippen molar-refractivity contribution in [2.45, 2.75) is 62.7 Å². The van der Waals surface area contributed by atoms with E-state index in [0.717, 1.165) is 56.7 Å². The minimum absolute atomic E-state index is 0.0658. The van der Waals surface area contributed by atoms with Crippen LogP contribution >= 0.6 is 11.6 Å². The number of benzene rings is 2. The molecule has 2 fully saturated rings.